The number of phenolic OH excluding ortho intramolecular Hbond substituents is 1. The van der Waals surface area contributed by atoms with Crippen LogP contribution in [0.2, 0.25) is 0 Å². The van der Waals surface area contributed by atoms with Crippen LogP contribution in [0.15, 0.2) is 0 Å². The lowest BCUT2D eigenvalue weighted by atomic mass is 9.63. The summed E-state index contributed by atoms with van der Waals surface area (Å²) in [5.41, 5.74) is 6.82. The summed E-state index contributed by atoms with van der Waals surface area (Å²) in [6.45, 7) is 0. The third-order valence-corrected chi connectivity index (χ3v) is 6.80. The molecule has 0 atom stereocenters. The first kappa shape index (κ1) is 16.7. The highest BCUT2D eigenvalue weighted by Gasteiger charge is 2.26. The van der Waals surface area contributed by atoms with Gasteiger partial charge in [-0.2, -0.15) is 0 Å². The Bertz CT molecular complexity index is 983. The second-order valence-electron chi connectivity index (χ2n) is 6.40. The summed E-state index contributed by atoms with van der Waals surface area (Å²) in [6, 6.07) is 0. The minimum atomic E-state index is -1.68. The molecule has 0 saturated carbocycles. The first-order chi connectivity index (χ1) is 10.7. The molecule has 23 heavy (non-hydrogen) atoms. The van der Waals surface area contributed by atoms with Crippen molar-refractivity contribution in [2.24, 2.45) is 0 Å². The second kappa shape index (κ2) is 5.43. The third-order valence-electron chi connectivity index (χ3n) is 5.37. The molecule has 0 aliphatic rings. The summed E-state index contributed by atoms with van der Waals surface area (Å²) in [5.74, 6) is -0.00453. The van der Waals surface area contributed by atoms with E-state index in [1.807, 2.05) is 15.7 Å². The molecule has 3 aromatic rings. The van der Waals surface area contributed by atoms with Crippen LogP contribution in [-0.2, 0) is 0 Å². The van der Waals surface area contributed by atoms with Crippen molar-refractivity contribution in [1.29, 1.82) is 0 Å². The number of hydrogen-bond acceptors (Lipinski definition) is 4. The first-order valence-electron chi connectivity index (χ1n) is 7.69. The lowest BCUT2D eigenvalue weighted by Crippen LogP contribution is -2.48. The Labute approximate surface area is 145 Å². The maximum atomic E-state index is 10.8. The fraction of sp³-hybridized carbons (Fsp3) is 0. The van der Waals surface area contributed by atoms with E-state index in [2.05, 4.69) is 31.4 Å². The van der Waals surface area contributed by atoms with E-state index in [0.29, 0.717) is 0 Å². The molecule has 0 bridgehead atoms. The predicted molar refractivity (Wildman–Crippen MR) is 120 cm³/mol. The fourth-order valence-electron chi connectivity index (χ4n) is 3.46. The molecule has 0 saturated heterocycles. The van der Waals surface area contributed by atoms with E-state index in [9.17, 15) is 15.2 Å². The molecule has 3 nitrogen and oxygen atoms in total. The van der Waals surface area contributed by atoms with E-state index in [4.69, 9.17) is 0 Å². The van der Waals surface area contributed by atoms with Crippen LogP contribution in [0.25, 0.3) is 20.2 Å². The summed E-state index contributed by atoms with van der Waals surface area (Å²) < 4.78 is 2.19. The molecule has 11 heteroatoms. The van der Waals surface area contributed by atoms with Gasteiger partial charge >= 0.3 is 7.12 Å². The monoisotopic (exact) mass is 316 g/mol. The average molecular weight is 315 g/mol. The van der Waals surface area contributed by atoms with Gasteiger partial charge in [0.2, 0.25) is 0 Å². The Morgan fingerprint density at radius 1 is 0.652 bits per heavy atom. The largest absolute Gasteiger partial charge is 0.508 e. The molecule has 108 valence electrons. The van der Waals surface area contributed by atoms with E-state index in [1.54, 1.807) is 11.3 Å². The van der Waals surface area contributed by atoms with Gasteiger partial charge in [0.25, 0.3) is 0 Å². The molecule has 0 spiro atoms. The summed E-state index contributed by atoms with van der Waals surface area (Å²) in [7, 11) is 10.5. The lowest BCUT2D eigenvalue weighted by Gasteiger charge is -2.15. The standard InChI is InChI=1S/C12H15B7O3S/c13-3-1-2-10(20)9(19(21)22)6(16)8(18)12(2)23-11(1)7(17)5(15)4(3)14/h20-22H,13-18H2. The predicted octanol–water partition coefficient (Wildman–Crippen LogP) is -9.01. The highest BCUT2D eigenvalue weighted by Crippen LogP contribution is 2.34. The number of aromatic hydroxyl groups is 1. The molecular formula is C12H15B7O3S. The van der Waals surface area contributed by atoms with E-state index < -0.39 is 7.12 Å². The van der Waals surface area contributed by atoms with Gasteiger partial charge in [0.1, 0.15) is 52.8 Å². The summed E-state index contributed by atoms with van der Waals surface area (Å²) in [4.78, 5) is 0. The second-order valence-corrected chi connectivity index (χ2v) is 7.42. The number of benzene rings is 2. The van der Waals surface area contributed by atoms with Crippen LogP contribution >= 0.6 is 11.3 Å². The number of rotatable bonds is 1. The van der Waals surface area contributed by atoms with Crippen LogP contribution in [0, 0.1) is 0 Å². The minimum Gasteiger partial charge on any atom is -0.508 e. The molecule has 1 heterocycles. The van der Waals surface area contributed by atoms with Crippen molar-refractivity contribution in [1.82, 2.24) is 0 Å². The summed E-state index contributed by atoms with van der Waals surface area (Å²) in [6.07, 6.45) is 0. The molecule has 3 rings (SSSR count). The quantitative estimate of drug-likeness (QED) is 0.391. The van der Waals surface area contributed by atoms with Gasteiger partial charge in [-0.1, -0.05) is 21.9 Å². The van der Waals surface area contributed by atoms with Gasteiger partial charge in [-0.15, -0.1) is 22.3 Å². The van der Waals surface area contributed by atoms with Gasteiger partial charge in [0.15, 0.2) is 0 Å². The minimum absolute atomic E-state index is 0.00453. The molecule has 0 radical (unpaired) electrons. The maximum absolute atomic E-state index is 10.8. The van der Waals surface area contributed by atoms with Crippen molar-refractivity contribution in [3.05, 3.63) is 0 Å². The normalized spacial score (nSPS) is 11.4. The molecule has 2 aromatic carbocycles. The maximum Gasteiger partial charge on any atom is 0.491 e. The Morgan fingerprint density at radius 2 is 1.13 bits per heavy atom. The van der Waals surface area contributed by atoms with Crippen LogP contribution in [0.3, 0.4) is 0 Å². The van der Waals surface area contributed by atoms with Crippen molar-refractivity contribution in [3.8, 4) is 5.75 Å². The zero-order valence-electron chi connectivity index (χ0n) is 14.3. The summed E-state index contributed by atoms with van der Waals surface area (Å²) in [5, 5.41) is 32.0. The van der Waals surface area contributed by atoms with Gasteiger partial charge in [-0.3, -0.25) is 0 Å². The van der Waals surface area contributed by atoms with Crippen molar-refractivity contribution >= 4 is 124 Å². The van der Waals surface area contributed by atoms with Gasteiger partial charge in [-0.25, -0.2) is 0 Å². The van der Waals surface area contributed by atoms with Gasteiger partial charge < -0.3 is 15.2 Å². The van der Waals surface area contributed by atoms with E-state index in [0.717, 1.165) is 31.9 Å². The topological polar surface area (TPSA) is 60.7 Å². The Morgan fingerprint density at radius 3 is 1.70 bits per heavy atom. The smallest absolute Gasteiger partial charge is 0.491 e. The zero-order chi connectivity index (χ0) is 17.2. The van der Waals surface area contributed by atoms with Crippen molar-refractivity contribution in [2.45, 2.75) is 0 Å². The van der Waals surface area contributed by atoms with E-state index >= 15 is 0 Å². The van der Waals surface area contributed by atoms with Gasteiger partial charge in [0, 0.05) is 20.2 Å². The van der Waals surface area contributed by atoms with E-state index in [-0.39, 0.29) is 11.2 Å². The van der Waals surface area contributed by atoms with Crippen molar-refractivity contribution in [3.63, 3.8) is 0 Å². The van der Waals surface area contributed by atoms with Crippen LogP contribution < -0.4 is 38.2 Å². The van der Waals surface area contributed by atoms with Gasteiger partial charge in [-0.05, 0) is 5.39 Å². The molecule has 0 unspecified atom stereocenters. The molecule has 0 aliphatic carbocycles. The molecule has 0 aliphatic heterocycles. The zero-order valence-corrected chi connectivity index (χ0v) is 15.1. The average Bonchev–Trinajstić information content (AvgIpc) is 2.89. The van der Waals surface area contributed by atoms with Crippen molar-refractivity contribution < 1.29 is 15.2 Å². The van der Waals surface area contributed by atoms with Gasteiger partial charge in [0.05, 0.1) is 0 Å². The van der Waals surface area contributed by atoms with E-state index in [1.165, 1.54) is 21.1 Å². The highest BCUT2D eigenvalue weighted by atomic mass is 32.1. The number of phenols is 1. The number of thiophene rings is 1. The van der Waals surface area contributed by atoms with Crippen LogP contribution in [0.1, 0.15) is 0 Å². The Hall–Kier alpha value is -1.17. The number of fused-ring (bicyclic) bond motifs is 3. The highest BCUT2D eigenvalue weighted by molar-refractivity contribution is 7.28. The lowest BCUT2D eigenvalue weighted by molar-refractivity contribution is 0.421. The molecule has 1 aromatic heterocycles. The summed E-state index contributed by atoms with van der Waals surface area (Å²) >= 11 is 1.68. The van der Waals surface area contributed by atoms with Crippen molar-refractivity contribution in [2.75, 3.05) is 0 Å². The first-order valence-corrected chi connectivity index (χ1v) is 8.50. The Balaban J connectivity index is 2.69. The molecule has 0 fully saturated rings. The SMILES string of the molecule is Bc1c(B)c(B)c2c(sc3c(B)c(B)c(B(O)O)c(O)c32)c1B. The molecular weight excluding hydrogens is 300 g/mol. The third kappa shape index (κ3) is 2.14. The Kier molecular flexibility index (Phi) is 3.94. The van der Waals surface area contributed by atoms with Crippen LogP contribution in [0.5, 0.6) is 5.75 Å². The fourth-order valence-corrected chi connectivity index (χ4v) is 4.94. The molecule has 3 N–H and O–H groups in total. The number of hydrogen-bond donors (Lipinski definition) is 3. The molecule has 0 amide bonds. The van der Waals surface area contributed by atoms with Crippen LogP contribution in [-0.4, -0.2) is 69.4 Å². The van der Waals surface area contributed by atoms with Crippen LogP contribution in [0.4, 0.5) is 0 Å².